The lowest BCUT2D eigenvalue weighted by molar-refractivity contribution is 0.312. The van der Waals surface area contributed by atoms with Crippen LogP contribution in [0.15, 0.2) is 35.2 Å². The summed E-state index contributed by atoms with van der Waals surface area (Å²) in [6.45, 7) is 6.88. The molecule has 0 aliphatic carbocycles. The molecule has 0 unspecified atom stereocenters. The molecule has 0 radical (unpaired) electrons. The zero-order chi connectivity index (χ0) is 11.1. The van der Waals surface area contributed by atoms with Gasteiger partial charge in [-0.05, 0) is 25.1 Å². The smallest absolute Gasteiger partial charge is 0.0108 e. The predicted molar refractivity (Wildman–Crippen MR) is 69.5 cm³/mol. The van der Waals surface area contributed by atoms with Crippen molar-refractivity contribution in [2.75, 3.05) is 25.9 Å². The summed E-state index contributed by atoms with van der Waals surface area (Å²) in [6, 6.07) is 10.6. The van der Waals surface area contributed by atoms with Gasteiger partial charge in [-0.1, -0.05) is 32.0 Å². The fraction of sp³-hybridized carbons (Fsp3) is 0.538. The average molecular weight is 223 g/mol. The Hall–Kier alpha value is -0.470. The zero-order valence-electron chi connectivity index (χ0n) is 9.94. The van der Waals surface area contributed by atoms with E-state index in [1.54, 1.807) is 0 Å². The van der Waals surface area contributed by atoms with Crippen molar-refractivity contribution in [3.05, 3.63) is 30.3 Å². The van der Waals surface area contributed by atoms with E-state index >= 15 is 0 Å². The van der Waals surface area contributed by atoms with Crippen LogP contribution in [0.5, 0.6) is 0 Å². The van der Waals surface area contributed by atoms with Crippen LogP contribution in [0, 0.1) is 5.92 Å². The lowest BCUT2D eigenvalue weighted by Crippen LogP contribution is -2.25. The number of rotatable bonds is 6. The zero-order valence-corrected chi connectivity index (χ0v) is 10.8. The first-order chi connectivity index (χ1) is 7.18. The van der Waals surface area contributed by atoms with Crippen LogP contribution in [-0.4, -0.2) is 30.8 Å². The van der Waals surface area contributed by atoms with Gasteiger partial charge in [0.2, 0.25) is 0 Å². The van der Waals surface area contributed by atoms with Gasteiger partial charge in [0, 0.05) is 23.7 Å². The van der Waals surface area contributed by atoms with Crippen LogP contribution in [0.2, 0.25) is 0 Å². The minimum Gasteiger partial charge on any atom is -0.305 e. The van der Waals surface area contributed by atoms with Gasteiger partial charge in [-0.25, -0.2) is 0 Å². The molecule has 0 N–H and O–H groups in total. The maximum absolute atomic E-state index is 2.40. The number of hydrogen-bond donors (Lipinski definition) is 0. The molecule has 0 fully saturated rings. The van der Waals surface area contributed by atoms with Crippen molar-refractivity contribution in [3.8, 4) is 0 Å². The third kappa shape index (κ3) is 5.85. The minimum atomic E-state index is 0.761. The van der Waals surface area contributed by atoms with E-state index in [0.29, 0.717) is 0 Å². The first kappa shape index (κ1) is 12.6. The van der Waals surface area contributed by atoms with E-state index in [1.165, 1.54) is 17.2 Å². The van der Waals surface area contributed by atoms with Crippen LogP contribution in [0.1, 0.15) is 13.8 Å². The summed E-state index contributed by atoms with van der Waals surface area (Å²) in [4.78, 5) is 3.77. The molecule has 0 spiro atoms. The number of hydrogen-bond acceptors (Lipinski definition) is 2. The topological polar surface area (TPSA) is 3.24 Å². The van der Waals surface area contributed by atoms with Crippen LogP contribution in [0.4, 0.5) is 0 Å². The molecule has 84 valence electrons. The van der Waals surface area contributed by atoms with Gasteiger partial charge < -0.3 is 4.90 Å². The summed E-state index contributed by atoms with van der Waals surface area (Å²) in [7, 11) is 2.20. The van der Waals surface area contributed by atoms with E-state index in [2.05, 4.69) is 56.1 Å². The summed E-state index contributed by atoms with van der Waals surface area (Å²) in [5.41, 5.74) is 0. The van der Waals surface area contributed by atoms with Gasteiger partial charge in [0.1, 0.15) is 0 Å². The Morgan fingerprint density at radius 2 is 1.87 bits per heavy atom. The molecule has 0 aliphatic rings. The molecule has 0 heterocycles. The Kier molecular flexibility index (Phi) is 5.81. The van der Waals surface area contributed by atoms with Crippen LogP contribution >= 0.6 is 11.8 Å². The predicted octanol–water partition coefficient (Wildman–Crippen LogP) is 3.37. The van der Waals surface area contributed by atoms with Crippen molar-refractivity contribution in [3.63, 3.8) is 0 Å². The van der Waals surface area contributed by atoms with Crippen molar-refractivity contribution < 1.29 is 0 Å². The highest BCUT2D eigenvalue weighted by Crippen LogP contribution is 2.16. The molecule has 2 heteroatoms. The van der Waals surface area contributed by atoms with Gasteiger partial charge in [0.15, 0.2) is 0 Å². The second-order valence-corrected chi connectivity index (χ2v) is 5.49. The quantitative estimate of drug-likeness (QED) is 0.680. The molecule has 0 amide bonds. The van der Waals surface area contributed by atoms with E-state index in [1.807, 2.05) is 11.8 Å². The molecule has 15 heavy (non-hydrogen) atoms. The highest BCUT2D eigenvalue weighted by Gasteiger charge is 2.01. The largest absolute Gasteiger partial charge is 0.305 e. The van der Waals surface area contributed by atoms with Crippen molar-refractivity contribution >= 4 is 11.8 Å². The standard InChI is InChI=1S/C13H21NS/c1-12(2)11-14(3)9-10-15-13-7-5-4-6-8-13/h4-8,12H,9-11H2,1-3H3. The van der Waals surface area contributed by atoms with Crippen LogP contribution < -0.4 is 0 Å². The fourth-order valence-corrected chi connectivity index (χ4v) is 2.54. The lowest BCUT2D eigenvalue weighted by atomic mass is 10.2. The Balaban J connectivity index is 2.16. The van der Waals surface area contributed by atoms with Crippen LogP contribution in [0.25, 0.3) is 0 Å². The highest BCUT2D eigenvalue weighted by atomic mass is 32.2. The number of benzene rings is 1. The van der Waals surface area contributed by atoms with Gasteiger partial charge in [-0.3, -0.25) is 0 Å². The Morgan fingerprint density at radius 3 is 2.47 bits per heavy atom. The molecule has 1 nitrogen and oxygen atoms in total. The van der Waals surface area contributed by atoms with E-state index < -0.39 is 0 Å². The lowest BCUT2D eigenvalue weighted by Gasteiger charge is -2.18. The molecule has 0 atom stereocenters. The fourth-order valence-electron chi connectivity index (χ4n) is 1.55. The van der Waals surface area contributed by atoms with Crippen molar-refractivity contribution in [2.24, 2.45) is 5.92 Å². The summed E-state index contributed by atoms with van der Waals surface area (Å²) in [6.07, 6.45) is 0. The maximum Gasteiger partial charge on any atom is 0.0108 e. The van der Waals surface area contributed by atoms with Crippen molar-refractivity contribution in [2.45, 2.75) is 18.7 Å². The molecule has 0 saturated heterocycles. The molecular formula is C13H21NS. The Labute approximate surface area is 97.9 Å². The molecule has 1 aromatic rings. The highest BCUT2D eigenvalue weighted by molar-refractivity contribution is 7.99. The molecule has 1 aromatic carbocycles. The monoisotopic (exact) mass is 223 g/mol. The third-order valence-electron chi connectivity index (χ3n) is 2.16. The van der Waals surface area contributed by atoms with Crippen LogP contribution in [-0.2, 0) is 0 Å². The van der Waals surface area contributed by atoms with Gasteiger partial charge >= 0.3 is 0 Å². The van der Waals surface area contributed by atoms with E-state index in [0.717, 1.165) is 12.5 Å². The maximum atomic E-state index is 2.40. The SMILES string of the molecule is CC(C)CN(C)CCSc1ccccc1. The minimum absolute atomic E-state index is 0.761. The van der Waals surface area contributed by atoms with Gasteiger partial charge in [-0.2, -0.15) is 0 Å². The number of thioether (sulfide) groups is 1. The summed E-state index contributed by atoms with van der Waals surface area (Å²) in [5, 5.41) is 0. The van der Waals surface area contributed by atoms with E-state index in [-0.39, 0.29) is 0 Å². The molecule has 0 aliphatic heterocycles. The molecule has 0 aromatic heterocycles. The third-order valence-corrected chi connectivity index (χ3v) is 3.15. The Bertz CT molecular complexity index is 258. The average Bonchev–Trinajstić information content (AvgIpc) is 2.18. The van der Waals surface area contributed by atoms with Gasteiger partial charge in [0.05, 0.1) is 0 Å². The second-order valence-electron chi connectivity index (χ2n) is 4.32. The van der Waals surface area contributed by atoms with Crippen LogP contribution in [0.3, 0.4) is 0 Å². The van der Waals surface area contributed by atoms with E-state index in [4.69, 9.17) is 0 Å². The summed E-state index contributed by atoms with van der Waals surface area (Å²) >= 11 is 1.93. The number of nitrogens with zero attached hydrogens (tertiary/aromatic N) is 1. The molecular weight excluding hydrogens is 202 g/mol. The molecule has 0 saturated carbocycles. The summed E-state index contributed by atoms with van der Waals surface area (Å²) in [5.74, 6) is 1.93. The summed E-state index contributed by atoms with van der Waals surface area (Å²) < 4.78 is 0. The Morgan fingerprint density at radius 1 is 1.20 bits per heavy atom. The molecule has 1 rings (SSSR count). The van der Waals surface area contributed by atoms with Gasteiger partial charge in [0.25, 0.3) is 0 Å². The van der Waals surface area contributed by atoms with Crippen molar-refractivity contribution in [1.82, 2.24) is 4.90 Å². The van der Waals surface area contributed by atoms with E-state index in [9.17, 15) is 0 Å². The first-order valence-electron chi connectivity index (χ1n) is 5.55. The second kappa shape index (κ2) is 6.91. The first-order valence-corrected chi connectivity index (χ1v) is 6.53. The molecule has 0 bridgehead atoms. The normalized spacial score (nSPS) is 11.3. The van der Waals surface area contributed by atoms with Crippen molar-refractivity contribution in [1.29, 1.82) is 0 Å². The van der Waals surface area contributed by atoms with Gasteiger partial charge in [-0.15, -0.1) is 11.8 Å².